The van der Waals surface area contributed by atoms with E-state index in [1.54, 1.807) is 19.2 Å². The molecule has 0 saturated carbocycles. The van der Waals surface area contributed by atoms with Crippen LogP contribution in [0.25, 0.3) is 0 Å². The van der Waals surface area contributed by atoms with E-state index in [1.165, 1.54) is 0 Å². The molecule has 4 nitrogen and oxygen atoms in total. The molecule has 0 aliphatic rings. The molecule has 0 saturated heterocycles. The first-order chi connectivity index (χ1) is 9.56. The second-order valence-corrected chi connectivity index (χ2v) is 5.24. The maximum absolute atomic E-state index is 12.0. The minimum atomic E-state index is -0.260. The third kappa shape index (κ3) is 5.67. The van der Waals surface area contributed by atoms with E-state index in [0.29, 0.717) is 29.7 Å². The standard InChI is InChI=1S/C14H20Cl2N2O2/c1-10(11-3-4-12(15)13(16)9-11)14(19)18-6-5-17-7-8-20-2/h3-4,9-10,17H,5-8H2,1-2H3,(H,18,19). The first kappa shape index (κ1) is 17.2. The molecule has 112 valence electrons. The first-order valence-corrected chi connectivity index (χ1v) is 7.24. The Morgan fingerprint density at radius 3 is 2.65 bits per heavy atom. The number of halogens is 2. The molecular formula is C14H20Cl2N2O2. The van der Waals surface area contributed by atoms with Crippen LogP contribution in [0.3, 0.4) is 0 Å². The Morgan fingerprint density at radius 1 is 1.25 bits per heavy atom. The zero-order chi connectivity index (χ0) is 15.0. The highest BCUT2D eigenvalue weighted by Gasteiger charge is 2.15. The van der Waals surface area contributed by atoms with Gasteiger partial charge in [0.2, 0.25) is 5.91 Å². The van der Waals surface area contributed by atoms with Crippen molar-refractivity contribution in [1.29, 1.82) is 0 Å². The van der Waals surface area contributed by atoms with Crippen molar-refractivity contribution in [3.63, 3.8) is 0 Å². The van der Waals surface area contributed by atoms with Gasteiger partial charge >= 0.3 is 0 Å². The molecule has 0 fully saturated rings. The van der Waals surface area contributed by atoms with Crippen LogP contribution in [0.4, 0.5) is 0 Å². The molecule has 1 rings (SSSR count). The van der Waals surface area contributed by atoms with E-state index < -0.39 is 0 Å². The summed E-state index contributed by atoms with van der Waals surface area (Å²) in [5.41, 5.74) is 0.851. The number of amides is 1. The number of carbonyl (C=O) groups is 1. The first-order valence-electron chi connectivity index (χ1n) is 6.48. The van der Waals surface area contributed by atoms with Gasteiger partial charge in [0, 0.05) is 26.7 Å². The molecule has 0 aromatic heterocycles. The van der Waals surface area contributed by atoms with Crippen molar-refractivity contribution in [3.8, 4) is 0 Å². The lowest BCUT2D eigenvalue weighted by molar-refractivity contribution is -0.122. The monoisotopic (exact) mass is 318 g/mol. The Kier molecular flexibility index (Phi) is 7.92. The van der Waals surface area contributed by atoms with Gasteiger partial charge in [0.15, 0.2) is 0 Å². The fraction of sp³-hybridized carbons (Fsp3) is 0.500. The lowest BCUT2D eigenvalue weighted by atomic mass is 10.0. The summed E-state index contributed by atoms with van der Waals surface area (Å²) in [6.45, 7) is 4.56. The highest BCUT2D eigenvalue weighted by molar-refractivity contribution is 6.42. The van der Waals surface area contributed by atoms with Crippen LogP contribution in [-0.4, -0.2) is 39.3 Å². The lowest BCUT2D eigenvalue weighted by Gasteiger charge is -2.13. The van der Waals surface area contributed by atoms with Crippen LogP contribution < -0.4 is 10.6 Å². The third-order valence-corrected chi connectivity index (χ3v) is 3.66. The van der Waals surface area contributed by atoms with Gasteiger partial charge in [0.1, 0.15) is 0 Å². The molecule has 0 bridgehead atoms. The summed E-state index contributed by atoms with van der Waals surface area (Å²) in [5, 5.41) is 6.99. The molecule has 0 aliphatic carbocycles. The normalized spacial score (nSPS) is 12.2. The molecule has 1 atom stereocenters. The van der Waals surface area contributed by atoms with Crippen LogP contribution in [-0.2, 0) is 9.53 Å². The van der Waals surface area contributed by atoms with E-state index in [9.17, 15) is 4.79 Å². The Bertz CT molecular complexity index is 441. The predicted octanol–water partition coefficient (Wildman–Crippen LogP) is 2.45. The fourth-order valence-corrected chi connectivity index (χ4v) is 1.97. The van der Waals surface area contributed by atoms with E-state index in [0.717, 1.165) is 12.1 Å². The zero-order valence-corrected chi connectivity index (χ0v) is 13.2. The molecule has 20 heavy (non-hydrogen) atoms. The molecule has 1 aromatic rings. The number of hydrogen-bond donors (Lipinski definition) is 2. The van der Waals surface area contributed by atoms with E-state index in [1.807, 2.05) is 13.0 Å². The largest absolute Gasteiger partial charge is 0.383 e. The molecule has 2 N–H and O–H groups in total. The van der Waals surface area contributed by atoms with Gasteiger partial charge in [-0.3, -0.25) is 4.79 Å². The fourth-order valence-electron chi connectivity index (χ4n) is 1.66. The number of carbonyl (C=O) groups excluding carboxylic acids is 1. The topological polar surface area (TPSA) is 50.4 Å². The van der Waals surface area contributed by atoms with Crippen molar-refractivity contribution in [1.82, 2.24) is 10.6 Å². The van der Waals surface area contributed by atoms with Crippen molar-refractivity contribution >= 4 is 29.1 Å². The second kappa shape index (κ2) is 9.19. The van der Waals surface area contributed by atoms with Crippen LogP contribution in [0.15, 0.2) is 18.2 Å². The van der Waals surface area contributed by atoms with Gasteiger partial charge in [0.25, 0.3) is 0 Å². The van der Waals surface area contributed by atoms with Crippen molar-refractivity contribution < 1.29 is 9.53 Å². The average molecular weight is 319 g/mol. The third-order valence-electron chi connectivity index (χ3n) is 2.92. The van der Waals surface area contributed by atoms with E-state index in [4.69, 9.17) is 27.9 Å². The smallest absolute Gasteiger partial charge is 0.227 e. The Labute approximate surface area is 129 Å². The summed E-state index contributed by atoms with van der Waals surface area (Å²) in [6, 6.07) is 5.25. The van der Waals surface area contributed by atoms with Crippen LogP contribution in [0.5, 0.6) is 0 Å². The molecule has 1 aromatic carbocycles. The number of nitrogens with one attached hydrogen (secondary N) is 2. The molecule has 0 spiro atoms. The van der Waals surface area contributed by atoms with Gasteiger partial charge in [-0.15, -0.1) is 0 Å². The number of rotatable bonds is 8. The molecule has 0 radical (unpaired) electrons. The van der Waals surface area contributed by atoms with Gasteiger partial charge in [-0.2, -0.15) is 0 Å². The van der Waals surface area contributed by atoms with E-state index >= 15 is 0 Å². The predicted molar refractivity (Wildman–Crippen MR) is 82.6 cm³/mol. The van der Waals surface area contributed by atoms with Crippen LogP contribution in [0.2, 0.25) is 10.0 Å². The minimum absolute atomic E-state index is 0.0306. The van der Waals surface area contributed by atoms with Gasteiger partial charge in [-0.25, -0.2) is 0 Å². The number of ether oxygens (including phenoxy) is 1. The Balaban J connectivity index is 2.37. The quantitative estimate of drug-likeness (QED) is 0.724. The van der Waals surface area contributed by atoms with Crippen molar-refractivity contribution in [2.45, 2.75) is 12.8 Å². The van der Waals surface area contributed by atoms with Gasteiger partial charge in [-0.1, -0.05) is 29.3 Å². The van der Waals surface area contributed by atoms with Crippen molar-refractivity contribution in [2.24, 2.45) is 0 Å². The van der Waals surface area contributed by atoms with Crippen molar-refractivity contribution in [2.75, 3.05) is 33.4 Å². The SMILES string of the molecule is COCCNCCNC(=O)C(C)c1ccc(Cl)c(Cl)c1. The highest BCUT2D eigenvalue weighted by atomic mass is 35.5. The van der Waals surface area contributed by atoms with Gasteiger partial charge in [0.05, 0.1) is 22.6 Å². The molecule has 6 heteroatoms. The maximum atomic E-state index is 12.0. The van der Waals surface area contributed by atoms with Crippen LogP contribution in [0, 0.1) is 0 Å². The summed E-state index contributed by atoms with van der Waals surface area (Å²) < 4.78 is 4.91. The average Bonchev–Trinajstić information content (AvgIpc) is 2.44. The summed E-state index contributed by atoms with van der Waals surface area (Å²) >= 11 is 11.8. The molecule has 1 amide bonds. The van der Waals surface area contributed by atoms with E-state index in [2.05, 4.69) is 10.6 Å². The molecule has 0 heterocycles. The van der Waals surface area contributed by atoms with Crippen molar-refractivity contribution in [3.05, 3.63) is 33.8 Å². The molecule has 1 unspecified atom stereocenters. The number of benzene rings is 1. The van der Waals surface area contributed by atoms with Gasteiger partial charge in [-0.05, 0) is 24.6 Å². The summed E-state index contributed by atoms with van der Waals surface area (Å²) in [4.78, 5) is 12.0. The molecular weight excluding hydrogens is 299 g/mol. The van der Waals surface area contributed by atoms with Gasteiger partial charge < -0.3 is 15.4 Å². The minimum Gasteiger partial charge on any atom is -0.383 e. The number of methoxy groups -OCH3 is 1. The van der Waals surface area contributed by atoms with Crippen LogP contribution >= 0.6 is 23.2 Å². The molecule has 0 aliphatic heterocycles. The number of hydrogen-bond acceptors (Lipinski definition) is 3. The maximum Gasteiger partial charge on any atom is 0.227 e. The van der Waals surface area contributed by atoms with E-state index in [-0.39, 0.29) is 11.8 Å². The Morgan fingerprint density at radius 2 is 2.00 bits per heavy atom. The highest BCUT2D eigenvalue weighted by Crippen LogP contribution is 2.26. The Hall–Kier alpha value is -0.810. The lowest BCUT2D eigenvalue weighted by Crippen LogP contribution is -2.35. The second-order valence-electron chi connectivity index (χ2n) is 4.43. The zero-order valence-electron chi connectivity index (χ0n) is 11.7. The van der Waals surface area contributed by atoms with Crippen LogP contribution in [0.1, 0.15) is 18.4 Å². The summed E-state index contributed by atoms with van der Waals surface area (Å²) in [5.74, 6) is -0.291. The summed E-state index contributed by atoms with van der Waals surface area (Å²) in [6.07, 6.45) is 0. The summed E-state index contributed by atoms with van der Waals surface area (Å²) in [7, 11) is 1.66.